The highest BCUT2D eigenvalue weighted by Crippen LogP contribution is 2.27. The maximum absolute atomic E-state index is 12.2. The lowest BCUT2D eigenvalue weighted by Gasteiger charge is -2.18. The fourth-order valence-electron chi connectivity index (χ4n) is 1.65. The molecule has 0 aliphatic heterocycles. The first-order chi connectivity index (χ1) is 8.15. The zero-order valence-electron chi connectivity index (χ0n) is 11.0. The fraction of sp³-hybridized carbons (Fsp3) is 0.429. The van der Waals surface area contributed by atoms with Crippen molar-refractivity contribution in [3.05, 3.63) is 33.3 Å². The minimum atomic E-state index is -1.04. The molecule has 1 N–H and O–H groups in total. The highest BCUT2D eigenvalue weighted by Gasteiger charge is 2.31. The number of carbonyl (C=O) groups is 2. The molecule has 0 heterocycles. The van der Waals surface area contributed by atoms with Crippen molar-refractivity contribution in [3.63, 3.8) is 0 Å². The van der Waals surface area contributed by atoms with Crippen LogP contribution in [0.25, 0.3) is 0 Å². The number of aryl methyl sites for hydroxylation is 2. The van der Waals surface area contributed by atoms with E-state index in [0.717, 1.165) is 15.6 Å². The van der Waals surface area contributed by atoms with Crippen LogP contribution in [0.15, 0.2) is 16.6 Å². The highest BCUT2D eigenvalue weighted by atomic mass is 79.9. The van der Waals surface area contributed by atoms with Crippen molar-refractivity contribution in [1.29, 1.82) is 0 Å². The summed E-state index contributed by atoms with van der Waals surface area (Å²) < 4.78 is 0.953. The smallest absolute Gasteiger partial charge is 0.309 e. The third-order valence-electron chi connectivity index (χ3n) is 2.99. The maximum atomic E-state index is 12.2. The van der Waals surface area contributed by atoms with Gasteiger partial charge >= 0.3 is 5.97 Å². The van der Waals surface area contributed by atoms with Crippen LogP contribution in [0.4, 0.5) is 0 Å². The summed E-state index contributed by atoms with van der Waals surface area (Å²) in [6.45, 7) is 6.89. The van der Waals surface area contributed by atoms with E-state index in [9.17, 15) is 9.59 Å². The van der Waals surface area contributed by atoms with E-state index < -0.39 is 11.4 Å². The largest absolute Gasteiger partial charge is 0.481 e. The van der Waals surface area contributed by atoms with Gasteiger partial charge in [0.05, 0.1) is 5.41 Å². The van der Waals surface area contributed by atoms with Crippen molar-refractivity contribution in [2.45, 2.75) is 34.1 Å². The third-order valence-corrected chi connectivity index (χ3v) is 3.84. The van der Waals surface area contributed by atoms with Gasteiger partial charge in [-0.1, -0.05) is 15.9 Å². The molecule has 0 radical (unpaired) electrons. The Balaban J connectivity index is 3.06. The van der Waals surface area contributed by atoms with E-state index in [2.05, 4.69) is 15.9 Å². The lowest BCUT2D eigenvalue weighted by atomic mass is 9.84. The number of carbonyl (C=O) groups excluding carboxylic acids is 1. The molecule has 0 fully saturated rings. The molecular weight excluding hydrogens is 296 g/mol. The van der Waals surface area contributed by atoms with Crippen LogP contribution in [-0.4, -0.2) is 16.9 Å². The van der Waals surface area contributed by atoms with E-state index in [1.807, 2.05) is 19.9 Å². The molecule has 0 spiro atoms. The molecular formula is C14H17BrO3. The Bertz CT molecular complexity index is 504. The Labute approximate surface area is 115 Å². The number of carboxylic acid groups (broad SMARTS) is 1. The first-order valence-corrected chi connectivity index (χ1v) is 6.48. The summed E-state index contributed by atoms with van der Waals surface area (Å²) in [5, 5.41) is 9.05. The summed E-state index contributed by atoms with van der Waals surface area (Å²) in [6.07, 6.45) is 0.00421. The minimum absolute atomic E-state index is 0.00421. The Hall–Kier alpha value is -1.16. The minimum Gasteiger partial charge on any atom is -0.481 e. The second-order valence-corrected chi connectivity index (χ2v) is 6.06. The molecule has 1 rings (SSSR count). The number of aliphatic carboxylic acids is 1. The predicted octanol–water partition coefficient (Wildman–Crippen LogP) is 3.75. The monoisotopic (exact) mass is 312 g/mol. The van der Waals surface area contributed by atoms with Crippen LogP contribution in [0.3, 0.4) is 0 Å². The van der Waals surface area contributed by atoms with E-state index in [4.69, 9.17) is 5.11 Å². The average molecular weight is 313 g/mol. The summed E-state index contributed by atoms with van der Waals surface area (Å²) in [5.74, 6) is -1.09. The predicted molar refractivity (Wildman–Crippen MR) is 74.0 cm³/mol. The van der Waals surface area contributed by atoms with Gasteiger partial charge in [0, 0.05) is 16.5 Å². The number of benzene rings is 1. The van der Waals surface area contributed by atoms with Gasteiger partial charge in [0.15, 0.2) is 5.78 Å². The molecule has 0 atom stereocenters. The van der Waals surface area contributed by atoms with Gasteiger partial charge in [-0.2, -0.15) is 0 Å². The molecule has 3 nitrogen and oxygen atoms in total. The van der Waals surface area contributed by atoms with E-state index in [1.165, 1.54) is 0 Å². The molecule has 1 aromatic carbocycles. The van der Waals surface area contributed by atoms with Gasteiger partial charge in [-0.25, -0.2) is 0 Å². The molecule has 0 bridgehead atoms. The van der Waals surface area contributed by atoms with Gasteiger partial charge in [0.2, 0.25) is 0 Å². The van der Waals surface area contributed by atoms with Crippen molar-refractivity contribution < 1.29 is 14.7 Å². The number of hydrogen-bond acceptors (Lipinski definition) is 2. The van der Waals surface area contributed by atoms with Gasteiger partial charge in [0.25, 0.3) is 0 Å². The van der Waals surface area contributed by atoms with E-state index in [-0.39, 0.29) is 12.2 Å². The van der Waals surface area contributed by atoms with E-state index in [0.29, 0.717) is 5.56 Å². The molecule has 98 valence electrons. The molecule has 18 heavy (non-hydrogen) atoms. The number of Topliss-reactive ketones (excluding diaryl/α,β-unsaturated/α-hetero) is 1. The van der Waals surface area contributed by atoms with Crippen molar-refractivity contribution in [1.82, 2.24) is 0 Å². The quantitative estimate of drug-likeness (QED) is 0.861. The number of halogens is 1. The van der Waals surface area contributed by atoms with Crippen LogP contribution in [0, 0.1) is 19.3 Å². The lowest BCUT2D eigenvalue weighted by Crippen LogP contribution is -2.27. The number of hydrogen-bond donors (Lipinski definition) is 1. The van der Waals surface area contributed by atoms with Gasteiger partial charge in [0.1, 0.15) is 0 Å². The molecule has 0 amide bonds. The topological polar surface area (TPSA) is 54.4 Å². The maximum Gasteiger partial charge on any atom is 0.309 e. The van der Waals surface area contributed by atoms with Gasteiger partial charge in [-0.3, -0.25) is 9.59 Å². The van der Waals surface area contributed by atoms with Gasteiger partial charge < -0.3 is 5.11 Å². The van der Waals surface area contributed by atoms with Crippen LogP contribution in [0.5, 0.6) is 0 Å². The van der Waals surface area contributed by atoms with Crippen molar-refractivity contribution in [2.24, 2.45) is 5.41 Å². The Morgan fingerprint density at radius 2 is 1.78 bits per heavy atom. The fourth-order valence-corrected chi connectivity index (χ4v) is 2.11. The first kappa shape index (κ1) is 14.9. The Kier molecular flexibility index (Phi) is 4.32. The molecule has 4 heteroatoms. The number of ketones is 1. The van der Waals surface area contributed by atoms with Gasteiger partial charge in [-0.05, 0) is 51.0 Å². The molecule has 0 aliphatic rings. The Morgan fingerprint density at radius 1 is 1.22 bits per heavy atom. The first-order valence-electron chi connectivity index (χ1n) is 5.68. The summed E-state index contributed by atoms with van der Waals surface area (Å²) in [7, 11) is 0. The number of carboxylic acids is 1. The molecule has 0 aliphatic carbocycles. The van der Waals surface area contributed by atoms with Crippen molar-refractivity contribution >= 4 is 27.7 Å². The van der Waals surface area contributed by atoms with Crippen LogP contribution in [-0.2, 0) is 4.79 Å². The summed E-state index contributed by atoms with van der Waals surface area (Å²) in [6, 6.07) is 3.69. The molecule has 0 saturated carbocycles. The van der Waals surface area contributed by atoms with E-state index >= 15 is 0 Å². The van der Waals surface area contributed by atoms with Crippen molar-refractivity contribution in [2.75, 3.05) is 0 Å². The SMILES string of the molecule is Cc1cc(C(=O)CC(C)(C)C(=O)O)c(C)cc1Br. The normalized spacial score (nSPS) is 11.4. The van der Waals surface area contributed by atoms with E-state index in [1.54, 1.807) is 19.9 Å². The second kappa shape index (κ2) is 5.22. The molecule has 0 unspecified atom stereocenters. The summed E-state index contributed by atoms with van der Waals surface area (Å²) in [4.78, 5) is 23.2. The van der Waals surface area contributed by atoms with Crippen LogP contribution in [0.1, 0.15) is 41.8 Å². The standard InChI is InChI=1S/C14H17BrO3/c1-8-6-11(15)9(2)5-10(8)12(16)7-14(3,4)13(17)18/h5-6H,7H2,1-4H3,(H,17,18). The van der Waals surface area contributed by atoms with Crippen LogP contribution >= 0.6 is 15.9 Å². The van der Waals surface area contributed by atoms with Gasteiger partial charge in [-0.15, -0.1) is 0 Å². The zero-order chi connectivity index (χ0) is 14.1. The molecule has 1 aromatic rings. The summed E-state index contributed by atoms with van der Waals surface area (Å²) >= 11 is 3.41. The third kappa shape index (κ3) is 3.19. The zero-order valence-corrected chi connectivity index (χ0v) is 12.6. The van der Waals surface area contributed by atoms with Crippen LogP contribution < -0.4 is 0 Å². The molecule has 0 saturated heterocycles. The molecule has 0 aromatic heterocycles. The average Bonchev–Trinajstić information content (AvgIpc) is 2.22. The van der Waals surface area contributed by atoms with Crippen molar-refractivity contribution in [3.8, 4) is 0 Å². The number of rotatable bonds is 4. The second-order valence-electron chi connectivity index (χ2n) is 5.21. The Morgan fingerprint density at radius 3 is 2.28 bits per heavy atom. The lowest BCUT2D eigenvalue weighted by molar-refractivity contribution is -0.146. The highest BCUT2D eigenvalue weighted by molar-refractivity contribution is 9.10. The summed E-state index contributed by atoms with van der Waals surface area (Å²) in [5.41, 5.74) is 1.39. The van der Waals surface area contributed by atoms with Crippen LogP contribution in [0.2, 0.25) is 0 Å².